The highest BCUT2D eigenvalue weighted by molar-refractivity contribution is 7.77. The molecule has 0 atom stereocenters. The highest BCUT2D eigenvalue weighted by Gasteiger charge is 2.20. The summed E-state index contributed by atoms with van der Waals surface area (Å²) >= 11 is 6.13. The monoisotopic (exact) mass is 310 g/mol. The standard InChI is InChI=1S/C9H21NS.C7H5NS/c1-5-7-8-10(11)9(3,4)6-2;1-2-4-7-6(3-1)8-5-9-7/h11H,5-8H2,1-4H3;1-5H. The maximum absolute atomic E-state index is 4.46. The molecular weight excluding hydrogens is 284 g/mol. The molecule has 2 nitrogen and oxygen atoms in total. The molecule has 0 aliphatic rings. The summed E-state index contributed by atoms with van der Waals surface area (Å²) in [5.74, 6) is 0. The third-order valence-corrected chi connectivity index (χ3v) is 5.08. The third kappa shape index (κ3) is 5.43. The first-order chi connectivity index (χ1) is 9.51. The average molecular weight is 311 g/mol. The van der Waals surface area contributed by atoms with Crippen molar-refractivity contribution in [2.75, 3.05) is 6.54 Å². The second kappa shape index (κ2) is 8.65. The molecule has 0 saturated carbocycles. The number of para-hydroxylation sites is 1. The molecule has 2 rings (SSSR count). The number of nitrogens with zero attached hydrogens (tertiary/aromatic N) is 2. The van der Waals surface area contributed by atoms with Crippen LogP contribution in [0.3, 0.4) is 0 Å². The van der Waals surface area contributed by atoms with Crippen LogP contribution in [0.1, 0.15) is 47.0 Å². The van der Waals surface area contributed by atoms with E-state index in [2.05, 4.69) is 55.9 Å². The molecule has 0 aliphatic carbocycles. The number of fused-ring (bicyclic) bond motifs is 1. The Labute approximate surface area is 132 Å². The fraction of sp³-hybridized carbons (Fsp3) is 0.562. The number of aromatic nitrogens is 1. The van der Waals surface area contributed by atoms with Gasteiger partial charge in [-0.25, -0.2) is 9.29 Å². The van der Waals surface area contributed by atoms with E-state index in [1.807, 2.05) is 23.7 Å². The Hall–Kier alpha value is -0.580. The van der Waals surface area contributed by atoms with E-state index >= 15 is 0 Å². The number of hydrogen-bond acceptors (Lipinski definition) is 4. The van der Waals surface area contributed by atoms with Gasteiger partial charge in [-0.1, -0.05) is 45.2 Å². The van der Waals surface area contributed by atoms with Gasteiger partial charge in [0.1, 0.15) is 0 Å². The molecule has 0 amide bonds. The molecule has 1 aromatic heterocycles. The summed E-state index contributed by atoms with van der Waals surface area (Å²) in [6.07, 6.45) is 3.64. The van der Waals surface area contributed by atoms with Crippen molar-refractivity contribution >= 4 is 34.4 Å². The van der Waals surface area contributed by atoms with Crippen LogP contribution in [0.15, 0.2) is 29.8 Å². The summed E-state index contributed by atoms with van der Waals surface area (Å²) < 4.78 is 3.41. The molecule has 0 fully saturated rings. The maximum atomic E-state index is 4.46. The lowest BCUT2D eigenvalue weighted by atomic mass is 10.0. The van der Waals surface area contributed by atoms with Gasteiger partial charge in [-0.2, -0.15) is 0 Å². The van der Waals surface area contributed by atoms with Gasteiger partial charge in [0.15, 0.2) is 0 Å². The lowest BCUT2D eigenvalue weighted by molar-refractivity contribution is 0.241. The van der Waals surface area contributed by atoms with Crippen molar-refractivity contribution in [1.29, 1.82) is 0 Å². The van der Waals surface area contributed by atoms with Crippen LogP contribution in [0.25, 0.3) is 10.2 Å². The summed E-state index contributed by atoms with van der Waals surface area (Å²) in [6, 6.07) is 8.13. The Morgan fingerprint density at radius 1 is 1.25 bits per heavy atom. The van der Waals surface area contributed by atoms with E-state index < -0.39 is 0 Å². The smallest absolute Gasteiger partial charge is 0.0812 e. The quantitative estimate of drug-likeness (QED) is 0.742. The van der Waals surface area contributed by atoms with Crippen LogP contribution in [-0.4, -0.2) is 21.4 Å². The van der Waals surface area contributed by atoms with Gasteiger partial charge in [0.2, 0.25) is 0 Å². The summed E-state index contributed by atoms with van der Waals surface area (Å²) in [5, 5.41) is 0. The lowest BCUT2D eigenvalue weighted by Crippen LogP contribution is -2.37. The normalized spacial score (nSPS) is 11.5. The molecule has 2 aromatic rings. The molecule has 0 radical (unpaired) electrons. The summed E-state index contributed by atoms with van der Waals surface area (Å²) in [5.41, 5.74) is 3.21. The van der Waals surface area contributed by atoms with Gasteiger partial charge in [-0.05, 0) is 38.8 Å². The Kier molecular flexibility index (Phi) is 7.56. The van der Waals surface area contributed by atoms with E-state index in [1.165, 1.54) is 17.5 Å². The number of rotatable bonds is 5. The molecule has 0 bridgehead atoms. The van der Waals surface area contributed by atoms with Gasteiger partial charge < -0.3 is 0 Å². The minimum absolute atomic E-state index is 0.248. The molecule has 0 aliphatic heterocycles. The van der Waals surface area contributed by atoms with Crippen LogP contribution in [0.2, 0.25) is 0 Å². The Morgan fingerprint density at radius 3 is 2.55 bits per heavy atom. The van der Waals surface area contributed by atoms with Gasteiger partial charge in [0, 0.05) is 12.1 Å². The second-order valence-electron chi connectivity index (χ2n) is 5.46. The van der Waals surface area contributed by atoms with Crippen molar-refractivity contribution in [2.45, 2.75) is 52.5 Å². The third-order valence-electron chi connectivity index (χ3n) is 3.52. The Bertz CT molecular complexity index is 464. The van der Waals surface area contributed by atoms with Gasteiger partial charge in [-0.15, -0.1) is 11.3 Å². The SMILES string of the molecule is CCCCN(S)C(C)(C)CC.c1ccc2scnc2c1. The molecule has 0 saturated heterocycles. The van der Waals surface area contributed by atoms with Crippen LogP contribution in [-0.2, 0) is 0 Å². The van der Waals surface area contributed by atoms with E-state index in [0.717, 1.165) is 18.5 Å². The first-order valence-corrected chi connectivity index (χ1v) is 8.54. The van der Waals surface area contributed by atoms with Crippen LogP contribution in [0.4, 0.5) is 0 Å². The number of thiol groups is 1. The van der Waals surface area contributed by atoms with Crippen LogP contribution in [0, 0.1) is 0 Å². The van der Waals surface area contributed by atoms with E-state index in [9.17, 15) is 0 Å². The summed E-state index contributed by atoms with van der Waals surface area (Å²) in [4.78, 5) is 4.14. The van der Waals surface area contributed by atoms with Crippen molar-refractivity contribution < 1.29 is 0 Å². The zero-order valence-electron chi connectivity index (χ0n) is 13.0. The molecule has 0 spiro atoms. The molecule has 0 N–H and O–H groups in total. The fourth-order valence-electron chi connectivity index (χ4n) is 1.60. The fourth-order valence-corrected chi connectivity index (χ4v) is 2.56. The Balaban J connectivity index is 0.000000202. The highest BCUT2D eigenvalue weighted by Crippen LogP contribution is 2.20. The minimum atomic E-state index is 0.248. The molecule has 1 heterocycles. The Morgan fingerprint density at radius 2 is 1.95 bits per heavy atom. The predicted octanol–water partition coefficient (Wildman–Crippen LogP) is 5.42. The largest absolute Gasteiger partial charge is 0.248 e. The van der Waals surface area contributed by atoms with Crippen molar-refractivity contribution in [3.8, 4) is 0 Å². The number of unbranched alkanes of at least 4 members (excludes halogenated alkanes) is 1. The number of benzene rings is 1. The lowest BCUT2D eigenvalue weighted by Gasteiger charge is -2.33. The van der Waals surface area contributed by atoms with E-state index in [1.54, 1.807) is 11.3 Å². The molecule has 20 heavy (non-hydrogen) atoms. The predicted molar refractivity (Wildman–Crippen MR) is 94.6 cm³/mol. The molecule has 0 unspecified atom stereocenters. The van der Waals surface area contributed by atoms with Gasteiger partial charge in [0.05, 0.1) is 15.7 Å². The first-order valence-electron chi connectivity index (χ1n) is 7.26. The van der Waals surface area contributed by atoms with Crippen molar-refractivity contribution in [3.05, 3.63) is 29.8 Å². The number of thiazole rings is 1. The number of hydrogen-bond donors (Lipinski definition) is 1. The molecule has 1 aromatic carbocycles. The van der Waals surface area contributed by atoms with Crippen LogP contribution in [0.5, 0.6) is 0 Å². The zero-order valence-corrected chi connectivity index (χ0v) is 14.7. The van der Waals surface area contributed by atoms with Crippen LogP contribution < -0.4 is 0 Å². The summed E-state index contributed by atoms with van der Waals surface area (Å²) in [6.45, 7) is 9.97. The van der Waals surface area contributed by atoms with E-state index in [0.29, 0.717) is 0 Å². The molecule has 4 heteroatoms. The van der Waals surface area contributed by atoms with Crippen LogP contribution >= 0.6 is 24.2 Å². The van der Waals surface area contributed by atoms with Crippen molar-refractivity contribution in [2.24, 2.45) is 0 Å². The topological polar surface area (TPSA) is 16.1 Å². The highest BCUT2D eigenvalue weighted by atomic mass is 32.1. The molecular formula is C16H26N2S2. The maximum Gasteiger partial charge on any atom is 0.0812 e. The second-order valence-corrected chi connectivity index (χ2v) is 6.83. The minimum Gasteiger partial charge on any atom is -0.248 e. The zero-order chi connectivity index (χ0) is 15.0. The van der Waals surface area contributed by atoms with Gasteiger partial charge in [-0.3, -0.25) is 0 Å². The van der Waals surface area contributed by atoms with E-state index in [-0.39, 0.29) is 5.54 Å². The average Bonchev–Trinajstić information content (AvgIpc) is 2.93. The van der Waals surface area contributed by atoms with E-state index in [4.69, 9.17) is 0 Å². The van der Waals surface area contributed by atoms with Gasteiger partial charge >= 0.3 is 0 Å². The first kappa shape index (κ1) is 17.5. The summed E-state index contributed by atoms with van der Waals surface area (Å²) in [7, 11) is 0. The molecule has 112 valence electrons. The van der Waals surface area contributed by atoms with Gasteiger partial charge in [0.25, 0.3) is 0 Å². The van der Waals surface area contributed by atoms with Crippen molar-refractivity contribution in [1.82, 2.24) is 9.29 Å². The van der Waals surface area contributed by atoms with Crippen molar-refractivity contribution in [3.63, 3.8) is 0 Å².